The number of amides is 1. The van der Waals surface area contributed by atoms with Crippen molar-refractivity contribution in [2.45, 2.75) is 12.5 Å². The lowest BCUT2D eigenvalue weighted by molar-refractivity contribution is -0.117. The van der Waals surface area contributed by atoms with Crippen molar-refractivity contribution in [3.8, 4) is 0 Å². The highest BCUT2D eigenvalue weighted by Gasteiger charge is 2.15. The molecule has 0 radical (unpaired) electrons. The minimum Gasteiger partial charge on any atom is -0.323 e. The lowest BCUT2D eigenvalue weighted by Gasteiger charge is -2.12. The maximum atomic E-state index is 11.7. The molecule has 0 fully saturated rings. The molecule has 1 amide bonds. The van der Waals surface area contributed by atoms with Crippen LogP contribution >= 0.6 is 39.1 Å². The highest BCUT2D eigenvalue weighted by molar-refractivity contribution is 9.10. The topological polar surface area (TPSA) is 55.1 Å². The fourth-order valence-corrected chi connectivity index (χ4v) is 1.96. The van der Waals surface area contributed by atoms with Crippen LogP contribution in [0.3, 0.4) is 0 Å². The van der Waals surface area contributed by atoms with Crippen molar-refractivity contribution in [1.29, 1.82) is 0 Å². The average molecular weight is 338 g/mol. The van der Waals surface area contributed by atoms with Crippen LogP contribution in [-0.4, -0.2) is 11.9 Å². The van der Waals surface area contributed by atoms with Gasteiger partial charge in [-0.15, -0.1) is 6.58 Å². The SMILES string of the molecule is C=CCC(N)C(=O)Nc1ccc(Br)c(Cl)c1Cl. The maximum Gasteiger partial charge on any atom is 0.241 e. The predicted octanol–water partition coefficient (Wildman–Crippen LogP) is 3.60. The normalized spacial score (nSPS) is 12.0. The minimum absolute atomic E-state index is 0.278. The molecule has 0 saturated carbocycles. The van der Waals surface area contributed by atoms with Gasteiger partial charge in [0.15, 0.2) is 0 Å². The van der Waals surface area contributed by atoms with E-state index in [1.165, 1.54) is 0 Å². The van der Waals surface area contributed by atoms with Crippen LogP contribution in [0.2, 0.25) is 10.0 Å². The minimum atomic E-state index is -0.647. The smallest absolute Gasteiger partial charge is 0.241 e. The molecule has 92 valence electrons. The standard InChI is InChI=1S/C11H11BrCl2N2O/c1-2-3-7(15)11(17)16-8-5-4-6(12)9(13)10(8)14/h2,4-5,7H,1,3,15H2,(H,16,17). The Kier molecular flexibility index (Phi) is 5.46. The molecule has 1 aromatic rings. The van der Waals surface area contributed by atoms with Crippen LogP contribution in [0, 0.1) is 0 Å². The van der Waals surface area contributed by atoms with Crippen LogP contribution in [0.5, 0.6) is 0 Å². The zero-order chi connectivity index (χ0) is 13.0. The van der Waals surface area contributed by atoms with Crippen molar-refractivity contribution in [2.24, 2.45) is 5.73 Å². The Balaban J connectivity index is 2.86. The van der Waals surface area contributed by atoms with Gasteiger partial charge in [-0.3, -0.25) is 4.79 Å². The molecule has 0 spiro atoms. The molecule has 0 aliphatic heterocycles. The van der Waals surface area contributed by atoms with Gasteiger partial charge in [-0.1, -0.05) is 29.3 Å². The molecule has 0 aliphatic carbocycles. The van der Waals surface area contributed by atoms with Gasteiger partial charge in [0.1, 0.15) is 0 Å². The molecule has 1 unspecified atom stereocenters. The van der Waals surface area contributed by atoms with Crippen LogP contribution in [-0.2, 0) is 4.79 Å². The fraction of sp³-hybridized carbons (Fsp3) is 0.182. The number of hydrogen-bond acceptors (Lipinski definition) is 2. The summed E-state index contributed by atoms with van der Waals surface area (Å²) in [5, 5.41) is 3.24. The number of nitrogens with one attached hydrogen (secondary N) is 1. The molecule has 3 N–H and O–H groups in total. The van der Waals surface area contributed by atoms with Gasteiger partial charge in [-0.05, 0) is 34.5 Å². The van der Waals surface area contributed by atoms with Crippen LogP contribution in [0.15, 0.2) is 29.3 Å². The number of carbonyl (C=O) groups is 1. The lowest BCUT2D eigenvalue weighted by atomic mass is 10.2. The summed E-state index contributed by atoms with van der Waals surface area (Å²) in [6.07, 6.45) is 1.98. The monoisotopic (exact) mass is 336 g/mol. The quantitative estimate of drug-likeness (QED) is 0.651. The van der Waals surface area contributed by atoms with Gasteiger partial charge in [-0.2, -0.15) is 0 Å². The van der Waals surface area contributed by atoms with E-state index >= 15 is 0 Å². The summed E-state index contributed by atoms with van der Waals surface area (Å²) in [5.41, 5.74) is 6.06. The van der Waals surface area contributed by atoms with Gasteiger partial charge in [0.25, 0.3) is 0 Å². The molecule has 3 nitrogen and oxygen atoms in total. The molecular formula is C11H11BrCl2N2O. The van der Waals surface area contributed by atoms with E-state index in [1.807, 2.05) is 0 Å². The van der Waals surface area contributed by atoms with Crippen molar-refractivity contribution in [3.05, 3.63) is 39.3 Å². The number of nitrogens with two attached hydrogens (primary N) is 1. The third kappa shape index (κ3) is 3.71. The zero-order valence-electron chi connectivity index (χ0n) is 8.84. The van der Waals surface area contributed by atoms with Gasteiger partial charge in [-0.25, -0.2) is 0 Å². The van der Waals surface area contributed by atoms with E-state index in [0.717, 1.165) is 0 Å². The third-order valence-corrected chi connectivity index (χ3v) is 3.82. The highest BCUT2D eigenvalue weighted by atomic mass is 79.9. The number of benzene rings is 1. The first-order valence-electron chi connectivity index (χ1n) is 4.78. The third-order valence-electron chi connectivity index (χ3n) is 2.05. The summed E-state index contributed by atoms with van der Waals surface area (Å²) in [7, 11) is 0. The Morgan fingerprint density at radius 2 is 2.18 bits per heavy atom. The van der Waals surface area contributed by atoms with Gasteiger partial charge in [0, 0.05) is 4.47 Å². The Morgan fingerprint density at radius 1 is 1.53 bits per heavy atom. The first kappa shape index (κ1) is 14.5. The fourth-order valence-electron chi connectivity index (χ4n) is 1.13. The second kappa shape index (κ2) is 6.40. The van der Waals surface area contributed by atoms with Crippen molar-refractivity contribution < 1.29 is 4.79 Å². The van der Waals surface area contributed by atoms with Crippen molar-refractivity contribution >= 4 is 50.7 Å². The summed E-state index contributed by atoms with van der Waals surface area (Å²) in [6.45, 7) is 3.52. The molecule has 0 heterocycles. The Morgan fingerprint density at radius 3 is 2.76 bits per heavy atom. The van der Waals surface area contributed by atoms with E-state index in [2.05, 4.69) is 27.8 Å². The zero-order valence-corrected chi connectivity index (χ0v) is 11.9. The van der Waals surface area contributed by atoms with Crippen molar-refractivity contribution in [3.63, 3.8) is 0 Å². The van der Waals surface area contributed by atoms with Crippen molar-refractivity contribution in [1.82, 2.24) is 0 Å². The first-order chi connectivity index (χ1) is 7.97. The molecule has 0 aliphatic rings. The van der Waals surface area contributed by atoms with E-state index < -0.39 is 6.04 Å². The predicted molar refractivity (Wildman–Crippen MR) is 75.6 cm³/mol. The largest absolute Gasteiger partial charge is 0.323 e. The molecule has 0 bridgehead atoms. The number of carbonyl (C=O) groups excluding carboxylic acids is 1. The van der Waals surface area contributed by atoms with E-state index in [-0.39, 0.29) is 10.9 Å². The maximum absolute atomic E-state index is 11.7. The van der Waals surface area contributed by atoms with Gasteiger partial charge in [0.05, 0.1) is 21.8 Å². The van der Waals surface area contributed by atoms with Crippen LogP contribution in [0.25, 0.3) is 0 Å². The number of hydrogen-bond donors (Lipinski definition) is 2. The highest BCUT2D eigenvalue weighted by Crippen LogP contribution is 2.35. The molecule has 17 heavy (non-hydrogen) atoms. The van der Waals surface area contributed by atoms with Gasteiger partial charge in [0.2, 0.25) is 5.91 Å². The summed E-state index contributed by atoms with van der Waals surface area (Å²) < 4.78 is 0.664. The summed E-state index contributed by atoms with van der Waals surface area (Å²) in [5.74, 6) is -0.329. The van der Waals surface area contributed by atoms with Crippen LogP contribution in [0.1, 0.15) is 6.42 Å². The second-order valence-corrected chi connectivity index (χ2v) is 4.95. The van der Waals surface area contributed by atoms with Crippen LogP contribution in [0.4, 0.5) is 5.69 Å². The first-order valence-corrected chi connectivity index (χ1v) is 6.33. The van der Waals surface area contributed by atoms with Gasteiger partial charge >= 0.3 is 0 Å². The molecule has 1 aromatic carbocycles. The van der Waals surface area contributed by atoms with E-state index in [1.54, 1.807) is 18.2 Å². The van der Waals surface area contributed by atoms with E-state index in [4.69, 9.17) is 28.9 Å². The molecule has 0 aromatic heterocycles. The summed E-state index contributed by atoms with van der Waals surface area (Å²) >= 11 is 15.1. The average Bonchev–Trinajstić information content (AvgIpc) is 2.30. The van der Waals surface area contributed by atoms with E-state index in [0.29, 0.717) is 21.6 Å². The van der Waals surface area contributed by atoms with Crippen LogP contribution < -0.4 is 11.1 Å². The Labute approximate surface area is 118 Å². The molecular weight excluding hydrogens is 327 g/mol. The second-order valence-electron chi connectivity index (χ2n) is 3.34. The summed E-state index contributed by atoms with van der Waals surface area (Å²) in [6, 6.07) is 2.70. The van der Waals surface area contributed by atoms with Gasteiger partial charge < -0.3 is 11.1 Å². The van der Waals surface area contributed by atoms with E-state index in [9.17, 15) is 4.79 Å². The van der Waals surface area contributed by atoms with Crippen molar-refractivity contribution in [2.75, 3.05) is 5.32 Å². The molecule has 1 atom stereocenters. The molecule has 1 rings (SSSR count). The Hall–Kier alpha value is -0.550. The number of anilines is 1. The molecule has 6 heteroatoms. The Bertz CT molecular complexity index is 451. The molecule has 0 saturated heterocycles. The number of rotatable bonds is 4. The number of halogens is 3. The lowest BCUT2D eigenvalue weighted by Crippen LogP contribution is -2.35. The summed E-state index contributed by atoms with van der Waals surface area (Å²) in [4.78, 5) is 11.7.